The van der Waals surface area contributed by atoms with Crippen LogP contribution in [0, 0.1) is 6.92 Å². The van der Waals surface area contributed by atoms with E-state index < -0.39 is 10.0 Å². The van der Waals surface area contributed by atoms with E-state index in [1.807, 2.05) is 24.0 Å². The third kappa shape index (κ3) is 6.28. The molecule has 1 N–H and O–H groups in total. The molecule has 0 bridgehead atoms. The van der Waals surface area contributed by atoms with Crippen molar-refractivity contribution in [2.45, 2.75) is 63.4 Å². The molecular formula is C23H38N4O3S. The predicted molar refractivity (Wildman–Crippen MR) is 123 cm³/mol. The number of rotatable bonds is 8. The van der Waals surface area contributed by atoms with Crippen LogP contribution in [-0.4, -0.2) is 86.3 Å². The number of nitrogens with one attached hydrogen (secondary N) is 1. The van der Waals surface area contributed by atoms with Crippen LogP contribution in [0.3, 0.4) is 0 Å². The van der Waals surface area contributed by atoms with Gasteiger partial charge in [0.15, 0.2) is 0 Å². The first-order valence-electron chi connectivity index (χ1n) is 11.6. The molecule has 0 unspecified atom stereocenters. The lowest BCUT2D eigenvalue weighted by atomic mass is 9.98. The number of amides is 1. The molecule has 2 saturated heterocycles. The van der Waals surface area contributed by atoms with Gasteiger partial charge >= 0.3 is 0 Å². The van der Waals surface area contributed by atoms with E-state index in [2.05, 4.69) is 24.1 Å². The van der Waals surface area contributed by atoms with Crippen LogP contribution >= 0.6 is 0 Å². The summed E-state index contributed by atoms with van der Waals surface area (Å²) in [6, 6.07) is 7.90. The summed E-state index contributed by atoms with van der Waals surface area (Å²) < 4.78 is 28.4. The number of piperazine rings is 1. The summed E-state index contributed by atoms with van der Waals surface area (Å²) >= 11 is 0. The van der Waals surface area contributed by atoms with Crippen LogP contribution in [0.4, 0.5) is 0 Å². The molecule has 2 aliphatic rings. The lowest BCUT2D eigenvalue weighted by molar-refractivity contribution is -0.131. The van der Waals surface area contributed by atoms with Crippen LogP contribution in [0.15, 0.2) is 29.2 Å². The van der Waals surface area contributed by atoms with Gasteiger partial charge in [-0.05, 0) is 45.7 Å². The second-order valence-electron chi connectivity index (χ2n) is 8.96. The number of carbonyl (C=O) groups is 1. The minimum absolute atomic E-state index is 0.0327. The fraction of sp³-hybridized carbons (Fsp3) is 0.696. The molecule has 31 heavy (non-hydrogen) atoms. The van der Waals surface area contributed by atoms with Crippen molar-refractivity contribution in [3.05, 3.63) is 29.8 Å². The largest absolute Gasteiger partial charge is 0.340 e. The van der Waals surface area contributed by atoms with Gasteiger partial charge in [-0.2, -0.15) is 4.31 Å². The summed E-state index contributed by atoms with van der Waals surface area (Å²) in [5.41, 5.74) is 1.02. The van der Waals surface area contributed by atoms with E-state index in [4.69, 9.17) is 0 Å². The molecular weight excluding hydrogens is 412 g/mol. The Labute approximate surface area is 187 Å². The Balaban J connectivity index is 1.72. The molecule has 1 amide bonds. The first-order valence-corrected chi connectivity index (χ1v) is 13.0. The molecule has 0 aliphatic carbocycles. The Morgan fingerprint density at radius 3 is 2.29 bits per heavy atom. The van der Waals surface area contributed by atoms with Crippen LogP contribution in [-0.2, 0) is 14.8 Å². The van der Waals surface area contributed by atoms with Crippen molar-refractivity contribution in [2.75, 3.05) is 45.8 Å². The minimum atomic E-state index is -3.66. The highest BCUT2D eigenvalue weighted by molar-refractivity contribution is 7.89. The lowest BCUT2D eigenvalue weighted by Crippen LogP contribution is -2.49. The molecule has 3 rings (SSSR count). The van der Waals surface area contributed by atoms with E-state index >= 15 is 0 Å². The monoisotopic (exact) mass is 450 g/mol. The standard InChI is InChI=1S/C23H38N4O3S/c1-19-7-9-22(10-8-19)31(29,30)26(14-11-23(28)25-15-12-24-13-16-25)17-18-27-20(2)5-4-6-21(27)3/h7-10,20-21,24H,4-6,11-18H2,1-3H3/t20-,21+. The van der Waals surface area contributed by atoms with Crippen molar-refractivity contribution in [1.82, 2.24) is 19.4 Å². The van der Waals surface area contributed by atoms with E-state index in [1.165, 1.54) is 10.7 Å². The maximum absolute atomic E-state index is 13.4. The summed E-state index contributed by atoms with van der Waals surface area (Å²) in [7, 11) is -3.66. The number of sulfonamides is 1. The zero-order valence-electron chi connectivity index (χ0n) is 19.2. The van der Waals surface area contributed by atoms with E-state index in [1.54, 1.807) is 12.1 Å². The topological polar surface area (TPSA) is 73.0 Å². The fourth-order valence-electron chi connectivity index (χ4n) is 4.65. The van der Waals surface area contributed by atoms with Gasteiger partial charge in [0.05, 0.1) is 4.90 Å². The fourth-order valence-corrected chi connectivity index (χ4v) is 6.08. The van der Waals surface area contributed by atoms with Crippen molar-refractivity contribution in [1.29, 1.82) is 0 Å². The van der Waals surface area contributed by atoms with Gasteiger partial charge in [-0.15, -0.1) is 0 Å². The Hall–Kier alpha value is -1.48. The summed E-state index contributed by atoms with van der Waals surface area (Å²) in [5, 5.41) is 3.24. The SMILES string of the molecule is Cc1ccc(S(=O)(=O)N(CCC(=O)N2CCNCC2)CCN2[C@H](C)CCC[C@@H]2C)cc1. The van der Waals surface area contributed by atoms with E-state index in [0.29, 0.717) is 43.2 Å². The molecule has 2 heterocycles. The maximum atomic E-state index is 13.4. The van der Waals surface area contributed by atoms with Gasteiger partial charge < -0.3 is 10.2 Å². The highest BCUT2D eigenvalue weighted by Gasteiger charge is 2.29. The predicted octanol–water partition coefficient (Wildman–Crippen LogP) is 2.07. The van der Waals surface area contributed by atoms with Gasteiger partial charge in [-0.25, -0.2) is 8.42 Å². The second-order valence-corrected chi connectivity index (χ2v) is 10.9. The smallest absolute Gasteiger partial charge is 0.243 e. The number of benzene rings is 1. The van der Waals surface area contributed by atoms with Crippen LogP contribution in [0.2, 0.25) is 0 Å². The number of hydrogen-bond donors (Lipinski definition) is 1. The van der Waals surface area contributed by atoms with Crippen LogP contribution in [0.1, 0.15) is 45.1 Å². The van der Waals surface area contributed by atoms with Gasteiger partial charge in [0.1, 0.15) is 0 Å². The average Bonchev–Trinajstić information content (AvgIpc) is 2.76. The number of aryl methyl sites for hydroxylation is 1. The lowest BCUT2D eigenvalue weighted by Gasteiger charge is -2.40. The van der Waals surface area contributed by atoms with Gasteiger partial charge in [0, 0.05) is 64.3 Å². The molecule has 0 radical (unpaired) electrons. The molecule has 1 aromatic carbocycles. The molecule has 8 heteroatoms. The average molecular weight is 451 g/mol. The summed E-state index contributed by atoms with van der Waals surface area (Å²) in [6.45, 7) is 10.7. The van der Waals surface area contributed by atoms with Crippen LogP contribution in [0.5, 0.6) is 0 Å². The number of carbonyl (C=O) groups excluding carboxylic acids is 1. The molecule has 2 fully saturated rings. The second kappa shape index (κ2) is 10.9. The van der Waals surface area contributed by atoms with E-state index in [-0.39, 0.29) is 18.9 Å². The number of likely N-dealkylation sites (tertiary alicyclic amines) is 1. The number of nitrogens with zero attached hydrogens (tertiary/aromatic N) is 3. The molecule has 7 nitrogen and oxygen atoms in total. The zero-order chi connectivity index (χ0) is 22.4. The molecule has 174 valence electrons. The first-order chi connectivity index (χ1) is 14.8. The van der Waals surface area contributed by atoms with Gasteiger partial charge in [0.25, 0.3) is 0 Å². The Morgan fingerprint density at radius 1 is 1.06 bits per heavy atom. The van der Waals surface area contributed by atoms with Crippen LogP contribution < -0.4 is 5.32 Å². The van der Waals surface area contributed by atoms with Gasteiger partial charge in [-0.1, -0.05) is 24.1 Å². The highest BCUT2D eigenvalue weighted by atomic mass is 32.2. The minimum Gasteiger partial charge on any atom is -0.340 e. The third-order valence-electron chi connectivity index (χ3n) is 6.69. The first kappa shape index (κ1) is 24.2. The number of hydrogen-bond acceptors (Lipinski definition) is 5. The highest BCUT2D eigenvalue weighted by Crippen LogP contribution is 2.23. The van der Waals surface area contributed by atoms with E-state index in [0.717, 1.165) is 31.5 Å². The quantitative estimate of drug-likeness (QED) is 0.656. The summed E-state index contributed by atoms with van der Waals surface area (Å²) in [6.07, 6.45) is 3.74. The third-order valence-corrected chi connectivity index (χ3v) is 8.60. The van der Waals surface area contributed by atoms with Crippen molar-refractivity contribution in [3.8, 4) is 0 Å². The molecule has 2 aliphatic heterocycles. The van der Waals surface area contributed by atoms with Crippen molar-refractivity contribution in [3.63, 3.8) is 0 Å². The molecule has 0 saturated carbocycles. The summed E-state index contributed by atoms with van der Waals surface area (Å²) in [5.74, 6) is 0.0327. The Morgan fingerprint density at radius 2 is 1.68 bits per heavy atom. The summed E-state index contributed by atoms with van der Waals surface area (Å²) in [4.78, 5) is 17.2. The van der Waals surface area contributed by atoms with Gasteiger partial charge in [-0.3, -0.25) is 9.69 Å². The Bertz CT molecular complexity index is 812. The van der Waals surface area contributed by atoms with Crippen molar-refractivity contribution >= 4 is 15.9 Å². The number of piperidine rings is 1. The van der Waals surface area contributed by atoms with Crippen molar-refractivity contribution < 1.29 is 13.2 Å². The van der Waals surface area contributed by atoms with E-state index in [9.17, 15) is 13.2 Å². The normalized spacial score (nSPS) is 23.3. The zero-order valence-corrected chi connectivity index (χ0v) is 20.0. The van der Waals surface area contributed by atoms with Crippen molar-refractivity contribution in [2.24, 2.45) is 0 Å². The molecule has 0 aromatic heterocycles. The molecule has 1 aromatic rings. The Kier molecular flexibility index (Phi) is 8.50. The molecule has 0 spiro atoms. The molecule has 2 atom stereocenters. The van der Waals surface area contributed by atoms with Gasteiger partial charge in [0.2, 0.25) is 15.9 Å². The maximum Gasteiger partial charge on any atom is 0.243 e. The van der Waals surface area contributed by atoms with Crippen LogP contribution in [0.25, 0.3) is 0 Å².